The summed E-state index contributed by atoms with van der Waals surface area (Å²) in [6.07, 6.45) is 2.81. The van der Waals surface area contributed by atoms with Crippen molar-refractivity contribution in [2.45, 2.75) is 0 Å². The summed E-state index contributed by atoms with van der Waals surface area (Å²) in [5, 5.41) is 7.87. The Bertz CT molecular complexity index is 755. The number of hydrogen-bond donors (Lipinski definition) is 1. The van der Waals surface area contributed by atoms with Crippen LogP contribution in [0.2, 0.25) is 15.3 Å². The lowest BCUT2D eigenvalue weighted by Gasteiger charge is -2.07. The van der Waals surface area contributed by atoms with E-state index in [2.05, 4.69) is 30.4 Å². The van der Waals surface area contributed by atoms with E-state index in [0.717, 1.165) is 0 Å². The molecule has 3 rings (SSSR count). The first kappa shape index (κ1) is 14.0. The molecule has 1 N–H and O–H groups in total. The van der Waals surface area contributed by atoms with Crippen LogP contribution in [-0.4, -0.2) is 29.7 Å². The molecule has 7 nitrogen and oxygen atoms in total. The van der Waals surface area contributed by atoms with Crippen LogP contribution in [0, 0.1) is 0 Å². The maximum Gasteiger partial charge on any atom is 0.258 e. The van der Waals surface area contributed by atoms with Crippen LogP contribution in [-0.2, 0) is 0 Å². The Hall–Kier alpha value is -1.96. The molecule has 0 unspecified atom stereocenters. The lowest BCUT2D eigenvalue weighted by Crippen LogP contribution is -2.07. The molecule has 0 fully saturated rings. The summed E-state index contributed by atoms with van der Waals surface area (Å²) in [5.41, 5.74) is 0.624. The van der Waals surface area contributed by atoms with Crippen LogP contribution in [0.4, 0.5) is 11.6 Å². The van der Waals surface area contributed by atoms with Gasteiger partial charge in [0.25, 0.3) is 5.95 Å². The molecule has 21 heavy (non-hydrogen) atoms. The van der Waals surface area contributed by atoms with Crippen molar-refractivity contribution in [1.29, 1.82) is 0 Å². The van der Waals surface area contributed by atoms with Crippen LogP contribution < -0.4 is 5.32 Å². The van der Waals surface area contributed by atoms with Gasteiger partial charge in [0.05, 0.1) is 0 Å². The van der Waals surface area contributed by atoms with Gasteiger partial charge in [-0.1, -0.05) is 23.2 Å². The Labute approximate surface area is 133 Å². The van der Waals surface area contributed by atoms with Crippen molar-refractivity contribution in [3.63, 3.8) is 0 Å². The molecule has 1 aromatic carbocycles. The highest BCUT2D eigenvalue weighted by Crippen LogP contribution is 2.24. The molecule has 10 heteroatoms. The predicted octanol–water partition coefficient (Wildman–Crippen LogP) is 3.16. The zero-order valence-electron chi connectivity index (χ0n) is 10.2. The first-order valence-electron chi connectivity index (χ1n) is 5.60. The summed E-state index contributed by atoms with van der Waals surface area (Å²) in [4.78, 5) is 16.0. The number of rotatable bonds is 3. The lowest BCUT2D eigenvalue weighted by atomic mass is 10.3. The number of nitrogens with zero attached hydrogens (tertiary/aromatic N) is 6. The number of benzene rings is 1. The van der Waals surface area contributed by atoms with Crippen molar-refractivity contribution < 1.29 is 0 Å². The molecular weight excluding hydrogens is 337 g/mol. The monoisotopic (exact) mass is 341 g/mol. The van der Waals surface area contributed by atoms with Gasteiger partial charge in [-0.15, -0.1) is 0 Å². The topological polar surface area (TPSA) is 81.4 Å². The highest BCUT2D eigenvalue weighted by Gasteiger charge is 2.08. The summed E-state index contributed by atoms with van der Waals surface area (Å²) in [5.74, 6) is 0.474. The third kappa shape index (κ3) is 3.38. The molecule has 2 heterocycles. The van der Waals surface area contributed by atoms with Crippen molar-refractivity contribution in [1.82, 2.24) is 29.7 Å². The fourth-order valence-electron chi connectivity index (χ4n) is 1.56. The Morgan fingerprint density at radius 3 is 2.38 bits per heavy atom. The molecule has 2 aromatic heterocycles. The van der Waals surface area contributed by atoms with E-state index in [1.165, 1.54) is 17.3 Å². The number of halogens is 3. The smallest absolute Gasteiger partial charge is 0.258 e. The highest BCUT2D eigenvalue weighted by atomic mass is 35.5. The largest absolute Gasteiger partial charge is 0.324 e. The van der Waals surface area contributed by atoms with Gasteiger partial charge in [0.1, 0.15) is 12.7 Å². The van der Waals surface area contributed by atoms with Crippen LogP contribution in [0.5, 0.6) is 0 Å². The van der Waals surface area contributed by atoms with E-state index < -0.39 is 0 Å². The lowest BCUT2D eigenvalue weighted by molar-refractivity contribution is 0.796. The molecule has 0 amide bonds. The molecule has 0 saturated heterocycles. The van der Waals surface area contributed by atoms with E-state index in [-0.39, 0.29) is 17.2 Å². The van der Waals surface area contributed by atoms with Gasteiger partial charge >= 0.3 is 0 Å². The molecule has 0 aliphatic carbocycles. The normalized spacial score (nSPS) is 10.6. The summed E-state index contributed by atoms with van der Waals surface area (Å²) >= 11 is 17.7. The third-order valence-electron chi connectivity index (χ3n) is 2.34. The number of hydrogen-bond acceptors (Lipinski definition) is 6. The van der Waals surface area contributed by atoms with E-state index in [4.69, 9.17) is 34.8 Å². The molecule has 0 spiro atoms. The minimum Gasteiger partial charge on any atom is -0.324 e. The molecule has 0 saturated carbocycles. The first-order valence-corrected chi connectivity index (χ1v) is 6.73. The van der Waals surface area contributed by atoms with Crippen molar-refractivity contribution in [2.75, 3.05) is 5.32 Å². The average Bonchev–Trinajstić information content (AvgIpc) is 2.90. The number of anilines is 2. The van der Waals surface area contributed by atoms with E-state index in [9.17, 15) is 0 Å². The molecule has 106 valence electrons. The van der Waals surface area contributed by atoms with Crippen LogP contribution in [0.3, 0.4) is 0 Å². The van der Waals surface area contributed by atoms with Crippen LogP contribution in [0.25, 0.3) is 5.95 Å². The predicted molar refractivity (Wildman–Crippen MR) is 79.5 cm³/mol. The highest BCUT2D eigenvalue weighted by molar-refractivity contribution is 6.35. The summed E-state index contributed by atoms with van der Waals surface area (Å²) in [7, 11) is 0. The van der Waals surface area contributed by atoms with Gasteiger partial charge in [0.2, 0.25) is 11.2 Å². The van der Waals surface area contributed by atoms with Crippen molar-refractivity contribution >= 4 is 46.4 Å². The Morgan fingerprint density at radius 2 is 1.71 bits per heavy atom. The Balaban J connectivity index is 1.95. The molecule has 0 aliphatic rings. The van der Waals surface area contributed by atoms with E-state index in [1.807, 2.05) is 0 Å². The second-order valence-electron chi connectivity index (χ2n) is 3.85. The Morgan fingerprint density at radius 1 is 0.952 bits per heavy atom. The molecular formula is C11H6Cl3N7. The summed E-state index contributed by atoms with van der Waals surface area (Å²) in [6, 6.07) is 4.98. The fourth-order valence-corrected chi connectivity index (χ4v) is 2.25. The number of aromatic nitrogens is 6. The van der Waals surface area contributed by atoms with Gasteiger partial charge in [-0.2, -0.15) is 24.7 Å². The van der Waals surface area contributed by atoms with Crippen LogP contribution in [0.15, 0.2) is 30.9 Å². The van der Waals surface area contributed by atoms with Crippen LogP contribution in [0.1, 0.15) is 0 Å². The van der Waals surface area contributed by atoms with Gasteiger partial charge in [-0.05, 0) is 29.8 Å². The zero-order valence-corrected chi connectivity index (χ0v) is 12.5. The van der Waals surface area contributed by atoms with E-state index in [0.29, 0.717) is 15.7 Å². The number of nitrogens with one attached hydrogen (secondary N) is 1. The van der Waals surface area contributed by atoms with Crippen molar-refractivity contribution in [2.24, 2.45) is 0 Å². The standard InChI is InChI=1S/C11H6Cl3N7/c12-6-1-7(13)3-8(2-6)17-10-18-9(14)19-11(20-10)21-5-15-4-16-21/h1-5H,(H,17,18,19,20). The van der Waals surface area contributed by atoms with Gasteiger partial charge < -0.3 is 5.32 Å². The second kappa shape index (κ2) is 5.80. The molecule has 0 atom stereocenters. The maximum absolute atomic E-state index is 5.93. The van der Waals surface area contributed by atoms with Crippen LogP contribution >= 0.6 is 34.8 Å². The van der Waals surface area contributed by atoms with Crippen molar-refractivity contribution in [3.05, 3.63) is 46.2 Å². The Kier molecular flexibility index (Phi) is 3.87. The van der Waals surface area contributed by atoms with Gasteiger partial charge in [-0.3, -0.25) is 0 Å². The van der Waals surface area contributed by atoms with Gasteiger partial charge in [-0.25, -0.2) is 4.98 Å². The minimum atomic E-state index is 0.0196. The quantitative estimate of drug-likeness (QED) is 0.787. The molecule has 0 bridgehead atoms. The fraction of sp³-hybridized carbons (Fsp3) is 0. The summed E-state index contributed by atoms with van der Waals surface area (Å²) in [6.45, 7) is 0. The van der Waals surface area contributed by atoms with Gasteiger partial charge in [0.15, 0.2) is 0 Å². The zero-order chi connectivity index (χ0) is 14.8. The van der Waals surface area contributed by atoms with E-state index in [1.54, 1.807) is 18.2 Å². The van der Waals surface area contributed by atoms with Gasteiger partial charge in [0, 0.05) is 15.7 Å². The average molecular weight is 343 g/mol. The molecule has 0 radical (unpaired) electrons. The minimum absolute atomic E-state index is 0.0196. The van der Waals surface area contributed by atoms with E-state index >= 15 is 0 Å². The second-order valence-corrected chi connectivity index (χ2v) is 5.06. The SMILES string of the molecule is Clc1cc(Cl)cc(Nc2nc(Cl)nc(-n3cncn3)n2)c1. The first-order chi connectivity index (χ1) is 10.1. The van der Waals surface area contributed by atoms with Crippen molar-refractivity contribution in [3.8, 4) is 5.95 Å². The third-order valence-corrected chi connectivity index (χ3v) is 2.94. The summed E-state index contributed by atoms with van der Waals surface area (Å²) < 4.78 is 1.36. The molecule has 3 aromatic rings. The molecule has 0 aliphatic heterocycles. The maximum atomic E-state index is 5.93.